The molecule has 0 aliphatic heterocycles. The van der Waals surface area contributed by atoms with E-state index >= 15 is 0 Å². The van der Waals surface area contributed by atoms with Crippen LogP contribution in [0.5, 0.6) is 0 Å². The lowest BCUT2D eigenvalue weighted by molar-refractivity contribution is 0.199. The van der Waals surface area contributed by atoms with Crippen LogP contribution in [-0.2, 0) is 14.8 Å². The second-order valence-corrected chi connectivity index (χ2v) is 6.77. The Balaban J connectivity index is 0.00000361. The lowest BCUT2D eigenvalue weighted by atomic mass is 10.4. The Morgan fingerprint density at radius 3 is 2.65 bits per heavy atom. The van der Waals surface area contributed by atoms with Crippen LogP contribution in [0.1, 0.15) is 0 Å². The minimum absolute atomic E-state index is 0. The average Bonchev–Trinajstić information content (AvgIpc) is 2.36. The highest BCUT2D eigenvalue weighted by molar-refractivity contribution is 9.10. The van der Waals surface area contributed by atoms with Crippen LogP contribution in [0.2, 0.25) is 5.02 Å². The maximum atomic E-state index is 12.0. The molecular weight excluding hydrogens is 391 g/mol. The van der Waals surface area contributed by atoms with Gasteiger partial charge in [-0.25, -0.2) is 13.1 Å². The number of benzene rings is 1. The summed E-state index contributed by atoms with van der Waals surface area (Å²) in [4.78, 5) is 0.0698. The van der Waals surface area contributed by atoms with E-state index in [2.05, 4.69) is 26.0 Å². The molecule has 0 aromatic heterocycles. The third-order valence-electron chi connectivity index (χ3n) is 2.26. The zero-order valence-corrected chi connectivity index (χ0v) is 14.8. The molecular formula is C11H17BrCl2N2O3S. The smallest absolute Gasteiger partial charge is 0.242 e. The second kappa shape index (κ2) is 9.94. The highest BCUT2D eigenvalue weighted by Gasteiger charge is 2.17. The predicted molar refractivity (Wildman–Crippen MR) is 86.3 cm³/mol. The number of ether oxygens (including phenoxy) is 1. The fraction of sp³-hybridized carbons (Fsp3) is 0.455. The number of sulfonamides is 1. The molecule has 0 unspecified atom stereocenters. The average molecular weight is 408 g/mol. The van der Waals surface area contributed by atoms with Gasteiger partial charge in [0.15, 0.2) is 0 Å². The van der Waals surface area contributed by atoms with E-state index < -0.39 is 10.0 Å². The van der Waals surface area contributed by atoms with E-state index in [9.17, 15) is 8.42 Å². The molecule has 20 heavy (non-hydrogen) atoms. The number of nitrogens with one attached hydrogen (secondary N) is 2. The van der Waals surface area contributed by atoms with Gasteiger partial charge in [-0.05, 0) is 18.2 Å². The molecule has 1 aromatic carbocycles. The Morgan fingerprint density at radius 2 is 2.00 bits per heavy atom. The van der Waals surface area contributed by atoms with E-state index in [0.29, 0.717) is 24.2 Å². The maximum Gasteiger partial charge on any atom is 0.242 e. The fourth-order valence-corrected chi connectivity index (χ4v) is 3.40. The van der Waals surface area contributed by atoms with E-state index in [1.54, 1.807) is 13.2 Å². The summed E-state index contributed by atoms with van der Waals surface area (Å²) in [6.07, 6.45) is 0. The van der Waals surface area contributed by atoms with Gasteiger partial charge in [0.2, 0.25) is 10.0 Å². The van der Waals surface area contributed by atoms with Crippen molar-refractivity contribution >= 4 is 50.0 Å². The van der Waals surface area contributed by atoms with Gasteiger partial charge in [0.1, 0.15) is 4.90 Å². The molecule has 0 bridgehead atoms. The quantitative estimate of drug-likeness (QED) is 0.647. The first-order valence-corrected chi connectivity index (χ1v) is 8.27. The van der Waals surface area contributed by atoms with Crippen LogP contribution >= 0.6 is 39.9 Å². The first-order chi connectivity index (χ1) is 8.97. The zero-order chi connectivity index (χ0) is 14.3. The minimum Gasteiger partial charge on any atom is -0.383 e. The number of rotatable bonds is 8. The molecule has 0 amide bonds. The van der Waals surface area contributed by atoms with Crippen molar-refractivity contribution in [3.05, 3.63) is 27.7 Å². The van der Waals surface area contributed by atoms with E-state index in [1.165, 1.54) is 12.1 Å². The Labute approximate surface area is 139 Å². The summed E-state index contributed by atoms with van der Waals surface area (Å²) >= 11 is 9.11. The molecule has 0 aliphatic rings. The summed E-state index contributed by atoms with van der Waals surface area (Å²) in [7, 11) is -1.98. The fourth-order valence-electron chi connectivity index (χ4n) is 1.33. The van der Waals surface area contributed by atoms with Gasteiger partial charge in [0.05, 0.1) is 11.6 Å². The van der Waals surface area contributed by atoms with Gasteiger partial charge in [-0.1, -0.05) is 27.5 Å². The summed E-state index contributed by atoms with van der Waals surface area (Å²) in [6.45, 7) is 2.07. The van der Waals surface area contributed by atoms with Gasteiger partial charge in [0.25, 0.3) is 0 Å². The number of hydrogen-bond donors (Lipinski definition) is 2. The molecule has 0 heterocycles. The molecule has 9 heteroatoms. The molecule has 5 nitrogen and oxygen atoms in total. The zero-order valence-electron chi connectivity index (χ0n) is 10.9. The highest BCUT2D eigenvalue weighted by atomic mass is 79.9. The third kappa shape index (κ3) is 6.71. The minimum atomic E-state index is -3.59. The number of hydrogen-bond acceptors (Lipinski definition) is 4. The SMILES string of the molecule is COCCNCCNS(=O)(=O)c1cc(Br)ccc1Cl.Cl. The van der Waals surface area contributed by atoms with Crippen LogP contribution in [0, 0.1) is 0 Å². The van der Waals surface area contributed by atoms with E-state index in [0.717, 1.165) is 0 Å². The van der Waals surface area contributed by atoms with Gasteiger partial charge < -0.3 is 10.1 Å². The van der Waals surface area contributed by atoms with Crippen molar-refractivity contribution in [2.75, 3.05) is 33.4 Å². The second-order valence-electron chi connectivity index (χ2n) is 3.72. The van der Waals surface area contributed by atoms with E-state index in [4.69, 9.17) is 16.3 Å². The van der Waals surface area contributed by atoms with Crippen molar-refractivity contribution in [2.24, 2.45) is 0 Å². The summed E-state index contributed by atoms with van der Waals surface area (Å²) in [5.41, 5.74) is 0. The monoisotopic (exact) mass is 406 g/mol. The molecule has 0 radical (unpaired) electrons. The van der Waals surface area contributed by atoms with Gasteiger partial charge in [-0.2, -0.15) is 0 Å². The normalized spacial score (nSPS) is 11.2. The number of methoxy groups -OCH3 is 1. The molecule has 1 aromatic rings. The van der Waals surface area contributed by atoms with Crippen LogP contribution in [0.3, 0.4) is 0 Å². The van der Waals surface area contributed by atoms with Crippen LogP contribution in [-0.4, -0.2) is 41.8 Å². The maximum absolute atomic E-state index is 12.0. The molecule has 0 fully saturated rings. The lowest BCUT2D eigenvalue weighted by Gasteiger charge is -2.09. The van der Waals surface area contributed by atoms with E-state index in [1.807, 2.05) is 0 Å². The number of halogens is 3. The molecule has 0 atom stereocenters. The summed E-state index contributed by atoms with van der Waals surface area (Å²) in [5.74, 6) is 0. The molecule has 0 aliphatic carbocycles. The van der Waals surface area contributed by atoms with Crippen molar-refractivity contribution < 1.29 is 13.2 Å². The van der Waals surface area contributed by atoms with Crippen LogP contribution in [0.25, 0.3) is 0 Å². The first-order valence-electron chi connectivity index (χ1n) is 5.62. The van der Waals surface area contributed by atoms with Gasteiger partial charge in [-0.15, -0.1) is 12.4 Å². The first kappa shape index (κ1) is 20.1. The summed E-state index contributed by atoms with van der Waals surface area (Å²) < 4.78 is 32.1. The van der Waals surface area contributed by atoms with Crippen molar-refractivity contribution in [3.63, 3.8) is 0 Å². The molecule has 116 valence electrons. The molecule has 0 saturated carbocycles. The van der Waals surface area contributed by atoms with Crippen LogP contribution < -0.4 is 10.0 Å². The Bertz CT molecular complexity index is 514. The van der Waals surface area contributed by atoms with Crippen molar-refractivity contribution in [3.8, 4) is 0 Å². The van der Waals surface area contributed by atoms with Gasteiger partial charge in [-0.3, -0.25) is 0 Å². The highest BCUT2D eigenvalue weighted by Crippen LogP contribution is 2.24. The Hall–Kier alpha value is 0.110. The summed E-state index contributed by atoms with van der Waals surface area (Å²) in [5, 5.41) is 3.24. The van der Waals surface area contributed by atoms with E-state index in [-0.39, 0.29) is 28.9 Å². The standard InChI is InChI=1S/C11H16BrClN2O3S.ClH/c1-18-7-6-14-4-5-15-19(16,17)11-8-9(12)2-3-10(11)13;/h2-3,8,14-15H,4-7H2,1H3;1H. The topological polar surface area (TPSA) is 67.4 Å². The largest absolute Gasteiger partial charge is 0.383 e. The molecule has 0 spiro atoms. The predicted octanol–water partition coefficient (Wildman–Crippen LogP) is 2.04. The molecule has 0 saturated heterocycles. The van der Waals surface area contributed by atoms with Gasteiger partial charge >= 0.3 is 0 Å². The third-order valence-corrected chi connectivity index (χ3v) is 4.70. The molecule has 1 rings (SSSR count). The molecule has 2 N–H and O–H groups in total. The van der Waals surface area contributed by atoms with Crippen LogP contribution in [0.4, 0.5) is 0 Å². The van der Waals surface area contributed by atoms with Crippen molar-refractivity contribution in [1.29, 1.82) is 0 Å². The Morgan fingerprint density at radius 1 is 1.30 bits per heavy atom. The van der Waals surface area contributed by atoms with Crippen molar-refractivity contribution in [1.82, 2.24) is 10.0 Å². The summed E-state index contributed by atoms with van der Waals surface area (Å²) in [6, 6.07) is 4.70. The van der Waals surface area contributed by atoms with Crippen LogP contribution in [0.15, 0.2) is 27.6 Å². The van der Waals surface area contributed by atoms with Gasteiger partial charge in [0, 0.05) is 31.2 Å². The Kier molecular flexibility index (Phi) is 10.00. The van der Waals surface area contributed by atoms with Crippen molar-refractivity contribution in [2.45, 2.75) is 4.90 Å². The lowest BCUT2D eigenvalue weighted by Crippen LogP contribution is -2.33.